The predicted molar refractivity (Wildman–Crippen MR) is 102 cm³/mol. The number of carbonyl (C=O) groups excluding carboxylic acids is 4. The van der Waals surface area contributed by atoms with Gasteiger partial charge in [0, 0.05) is 14.1 Å². The third-order valence-corrected chi connectivity index (χ3v) is 5.88. The van der Waals surface area contributed by atoms with Gasteiger partial charge in [0.05, 0.1) is 0 Å². The average molecular weight is 422 g/mol. The van der Waals surface area contributed by atoms with Gasteiger partial charge in [-0.2, -0.15) is 0 Å². The van der Waals surface area contributed by atoms with Crippen LogP contribution >= 0.6 is 0 Å². The van der Waals surface area contributed by atoms with Gasteiger partial charge >= 0.3 is 6.03 Å². The van der Waals surface area contributed by atoms with E-state index < -0.39 is 53.5 Å². The number of nitrogens with one attached hydrogen (secondary N) is 2. The summed E-state index contributed by atoms with van der Waals surface area (Å²) in [6.07, 6.45) is 3.71. The Hall–Kier alpha value is -3.04. The summed E-state index contributed by atoms with van der Waals surface area (Å²) >= 11 is 0. The number of hydrogen-bond donors (Lipinski definition) is 2. The molecule has 1 heterocycles. The molecule has 0 radical (unpaired) electrons. The van der Waals surface area contributed by atoms with E-state index in [1.54, 1.807) is 7.05 Å². The van der Waals surface area contributed by atoms with Crippen molar-refractivity contribution in [2.45, 2.75) is 43.7 Å². The van der Waals surface area contributed by atoms with Gasteiger partial charge in [0.15, 0.2) is 11.6 Å². The fourth-order valence-corrected chi connectivity index (χ4v) is 4.16. The fraction of sp³-hybridized carbons (Fsp3) is 0.500. The van der Waals surface area contributed by atoms with Gasteiger partial charge in [-0.1, -0.05) is 25.3 Å². The van der Waals surface area contributed by atoms with Crippen molar-refractivity contribution in [1.82, 2.24) is 20.4 Å². The number of likely N-dealkylation sites (N-methyl/N-ethyl adjacent to an activating group) is 2. The normalized spacial score (nSPS) is 19.2. The van der Waals surface area contributed by atoms with Crippen molar-refractivity contribution in [1.29, 1.82) is 0 Å². The molecule has 30 heavy (non-hydrogen) atoms. The molecule has 3 rings (SSSR count). The Balaban J connectivity index is 1.77. The monoisotopic (exact) mass is 422 g/mol. The van der Waals surface area contributed by atoms with E-state index in [1.807, 2.05) is 0 Å². The lowest BCUT2D eigenvalue weighted by atomic mass is 9.81. The van der Waals surface area contributed by atoms with Crippen molar-refractivity contribution in [3.63, 3.8) is 0 Å². The number of carbonyl (C=O) groups is 4. The second kappa shape index (κ2) is 8.37. The summed E-state index contributed by atoms with van der Waals surface area (Å²) in [5.41, 5.74) is -0.892. The Kier molecular flexibility index (Phi) is 6.04. The van der Waals surface area contributed by atoms with Gasteiger partial charge in [0.1, 0.15) is 18.1 Å². The highest BCUT2D eigenvalue weighted by molar-refractivity contribution is 6.09. The molecule has 2 aliphatic rings. The molecular weight excluding hydrogens is 398 g/mol. The quantitative estimate of drug-likeness (QED) is 0.702. The van der Waals surface area contributed by atoms with E-state index in [-0.39, 0.29) is 5.56 Å². The van der Waals surface area contributed by atoms with Crippen LogP contribution in [0.3, 0.4) is 0 Å². The summed E-state index contributed by atoms with van der Waals surface area (Å²) < 4.78 is 26.8. The molecule has 10 heteroatoms. The largest absolute Gasteiger partial charge is 0.357 e. The zero-order chi connectivity index (χ0) is 22.1. The van der Waals surface area contributed by atoms with E-state index in [9.17, 15) is 28.0 Å². The fourth-order valence-electron chi connectivity index (χ4n) is 4.16. The molecule has 1 aromatic carbocycles. The summed E-state index contributed by atoms with van der Waals surface area (Å²) in [5.74, 6) is -4.10. The molecule has 1 saturated carbocycles. The topological polar surface area (TPSA) is 98.8 Å². The van der Waals surface area contributed by atoms with Gasteiger partial charge in [-0.05, 0) is 30.5 Å². The van der Waals surface area contributed by atoms with Crippen LogP contribution in [-0.4, -0.2) is 59.7 Å². The number of amides is 5. The second-order valence-electron chi connectivity index (χ2n) is 7.61. The van der Waals surface area contributed by atoms with Crippen LogP contribution in [0.25, 0.3) is 0 Å². The second-order valence-corrected chi connectivity index (χ2v) is 7.61. The van der Waals surface area contributed by atoms with Gasteiger partial charge < -0.3 is 15.5 Å². The van der Waals surface area contributed by atoms with Crippen LogP contribution in [0.1, 0.15) is 43.7 Å². The van der Waals surface area contributed by atoms with E-state index in [0.717, 1.165) is 36.3 Å². The maximum absolute atomic E-state index is 13.6. The van der Waals surface area contributed by atoms with Crippen molar-refractivity contribution < 1.29 is 28.0 Å². The van der Waals surface area contributed by atoms with Crippen LogP contribution < -0.4 is 10.6 Å². The number of imide groups is 1. The van der Waals surface area contributed by atoms with Gasteiger partial charge in [0.25, 0.3) is 5.91 Å². The molecule has 2 N–H and O–H groups in total. The minimum Gasteiger partial charge on any atom is -0.357 e. The van der Waals surface area contributed by atoms with Gasteiger partial charge in [-0.15, -0.1) is 0 Å². The Morgan fingerprint density at radius 2 is 1.80 bits per heavy atom. The molecule has 1 saturated heterocycles. The number of nitrogens with zero attached hydrogens (tertiary/aromatic N) is 2. The molecule has 0 aromatic heterocycles. The molecule has 1 aromatic rings. The van der Waals surface area contributed by atoms with Crippen molar-refractivity contribution in [2.75, 3.05) is 20.6 Å². The minimum atomic E-state index is -1.31. The van der Waals surface area contributed by atoms with Crippen molar-refractivity contribution in [2.24, 2.45) is 0 Å². The summed E-state index contributed by atoms with van der Waals surface area (Å²) in [7, 11) is 2.88. The van der Waals surface area contributed by atoms with Crippen LogP contribution in [-0.2, 0) is 14.4 Å². The molecule has 162 valence electrons. The third-order valence-electron chi connectivity index (χ3n) is 5.88. The molecular formula is C20H24F2N4O4. The first-order valence-corrected chi connectivity index (χ1v) is 9.77. The number of urea groups is 1. The van der Waals surface area contributed by atoms with Crippen molar-refractivity contribution >= 4 is 23.8 Å². The van der Waals surface area contributed by atoms with Crippen molar-refractivity contribution in [3.8, 4) is 0 Å². The van der Waals surface area contributed by atoms with Gasteiger partial charge in [-0.25, -0.2) is 13.6 Å². The molecule has 8 nitrogen and oxygen atoms in total. The van der Waals surface area contributed by atoms with E-state index in [4.69, 9.17) is 0 Å². The zero-order valence-electron chi connectivity index (χ0n) is 16.8. The number of halogens is 2. The summed E-state index contributed by atoms with van der Waals surface area (Å²) in [6.45, 7) is -0.569. The summed E-state index contributed by atoms with van der Waals surface area (Å²) in [5, 5.41) is 4.74. The standard InChI is InChI=1S/C20H24F2N4O4/c1-23-17(28)16(12-6-7-13(21)14(22)10-12)24-15(27)11-26-18(29)20(25(2)19(26)30)8-4-3-5-9-20/h6-7,10,16H,3-5,8-9,11H2,1-2H3,(H,23,28)(H,24,27). The first kappa shape index (κ1) is 21.7. The molecule has 2 fully saturated rings. The van der Waals surface area contributed by atoms with Crippen LogP contribution in [0.15, 0.2) is 18.2 Å². The smallest absolute Gasteiger partial charge is 0.327 e. The van der Waals surface area contributed by atoms with Gasteiger partial charge in [0.2, 0.25) is 11.8 Å². The summed E-state index contributed by atoms with van der Waals surface area (Å²) in [4.78, 5) is 52.7. The van der Waals surface area contributed by atoms with E-state index >= 15 is 0 Å². The maximum atomic E-state index is 13.6. The van der Waals surface area contributed by atoms with Gasteiger partial charge in [-0.3, -0.25) is 19.3 Å². The maximum Gasteiger partial charge on any atom is 0.327 e. The predicted octanol–water partition coefficient (Wildman–Crippen LogP) is 1.46. The average Bonchev–Trinajstić information content (AvgIpc) is 2.90. The minimum absolute atomic E-state index is 0.0292. The highest BCUT2D eigenvalue weighted by Crippen LogP contribution is 2.39. The molecule has 1 spiro atoms. The van der Waals surface area contributed by atoms with Crippen LogP contribution in [0.4, 0.5) is 13.6 Å². The Labute approximate surface area is 172 Å². The lowest BCUT2D eigenvalue weighted by Gasteiger charge is -2.35. The molecule has 5 amide bonds. The molecule has 1 unspecified atom stereocenters. The Morgan fingerprint density at radius 1 is 1.13 bits per heavy atom. The SMILES string of the molecule is CNC(=O)C(NC(=O)CN1C(=O)N(C)C2(CCCCC2)C1=O)c1ccc(F)c(F)c1. The number of benzene rings is 1. The van der Waals surface area contributed by atoms with E-state index in [1.165, 1.54) is 18.0 Å². The zero-order valence-corrected chi connectivity index (χ0v) is 16.8. The molecule has 1 aliphatic carbocycles. The Morgan fingerprint density at radius 3 is 2.40 bits per heavy atom. The molecule has 0 bridgehead atoms. The first-order chi connectivity index (χ1) is 14.2. The number of hydrogen-bond acceptors (Lipinski definition) is 4. The Bertz CT molecular complexity index is 886. The highest BCUT2D eigenvalue weighted by atomic mass is 19.2. The third kappa shape index (κ3) is 3.73. The van der Waals surface area contributed by atoms with Crippen LogP contribution in [0.5, 0.6) is 0 Å². The van der Waals surface area contributed by atoms with E-state index in [2.05, 4.69) is 10.6 Å². The number of rotatable bonds is 5. The lowest BCUT2D eigenvalue weighted by Crippen LogP contribution is -2.50. The van der Waals surface area contributed by atoms with E-state index in [0.29, 0.717) is 12.8 Å². The molecule has 1 atom stereocenters. The summed E-state index contributed by atoms with van der Waals surface area (Å²) in [6, 6.07) is 0.956. The lowest BCUT2D eigenvalue weighted by molar-refractivity contribution is -0.137. The molecule has 1 aliphatic heterocycles. The van der Waals surface area contributed by atoms with Crippen LogP contribution in [0.2, 0.25) is 0 Å². The first-order valence-electron chi connectivity index (χ1n) is 9.77. The van der Waals surface area contributed by atoms with Crippen molar-refractivity contribution in [3.05, 3.63) is 35.4 Å². The van der Waals surface area contributed by atoms with Crippen LogP contribution in [0, 0.1) is 11.6 Å². The highest BCUT2D eigenvalue weighted by Gasteiger charge is 2.55.